The predicted molar refractivity (Wildman–Crippen MR) is 79.9 cm³/mol. The zero-order chi connectivity index (χ0) is 14.8. The number of piperazine rings is 1. The fourth-order valence-electron chi connectivity index (χ4n) is 2.32. The first-order valence-electron chi connectivity index (χ1n) is 6.58. The fourth-order valence-corrected chi connectivity index (χ4v) is 3.17. The van der Waals surface area contributed by atoms with Crippen molar-refractivity contribution in [3.8, 4) is 0 Å². The van der Waals surface area contributed by atoms with Crippen molar-refractivity contribution < 1.29 is 14.3 Å². The van der Waals surface area contributed by atoms with Gasteiger partial charge in [0, 0.05) is 37.2 Å². The van der Waals surface area contributed by atoms with Crippen molar-refractivity contribution in [3.05, 3.63) is 41.2 Å². The summed E-state index contributed by atoms with van der Waals surface area (Å²) in [5.41, 5.74) is 1.09. The second-order valence-electron chi connectivity index (χ2n) is 4.77. The van der Waals surface area contributed by atoms with Crippen LogP contribution in [0.1, 0.15) is 10.5 Å². The van der Waals surface area contributed by atoms with Gasteiger partial charge in [0.15, 0.2) is 10.8 Å². The lowest BCUT2D eigenvalue weighted by atomic mass is 10.2. The lowest BCUT2D eigenvalue weighted by molar-refractivity contribution is 0.0691. The molecule has 1 fully saturated rings. The maximum Gasteiger partial charge on any atom is 0.355 e. The van der Waals surface area contributed by atoms with Gasteiger partial charge < -0.3 is 14.9 Å². The minimum Gasteiger partial charge on any atom is -0.476 e. The molecule has 2 heterocycles. The molecule has 1 saturated heterocycles. The molecule has 0 bridgehead atoms. The zero-order valence-corrected chi connectivity index (χ0v) is 12.0. The van der Waals surface area contributed by atoms with Gasteiger partial charge in [0.1, 0.15) is 5.82 Å². The number of carbonyl (C=O) groups is 1. The first kappa shape index (κ1) is 13.8. The van der Waals surface area contributed by atoms with Gasteiger partial charge in [0.25, 0.3) is 0 Å². The molecule has 2 aromatic rings. The van der Waals surface area contributed by atoms with Gasteiger partial charge in [-0.2, -0.15) is 0 Å². The number of carboxylic acid groups (broad SMARTS) is 1. The lowest BCUT2D eigenvalue weighted by Gasteiger charge is -2.35. The summed E-state index contributed by atoms with van der Waals surface area (Å²) in [6, 6.07) is 6.47. The van der Waals surface area contributed by atoms with Crippen molar-refractivity contribution in [2.45, 2.75) is 0 Å². The van der Waals surface area contributed by atoms with E-state index in [1.54, 1.807) is 17.5 Å². The number of hydrogen-bond acceptors (Lipinski definition) is 5. The second-order valence-corrected chi connectivity index (χ2v) is 5.61. The molecule has 7 heteroatoms. The van der Waals surface area contributed by atoms with E-state index in [0.717, 1.165) is 37.0 Å². The summed E-state index contributed by atoms with van der Waals surface area (Å²) in [5.74, 6) is -1.23. The third kappa shape index (κ3) is 2.97. The lowest BCUT2D eigenvalue weighted by Crippen LogP contribution is -2.46. The molecule has 0 amide bonds. The van der Waals surface area contributed by atoms with E-state index in [1.165, 1.54) is 23.5 Å². The summed E-state index contributed by atoms with van der Waals surface area (Å²) < 4.78 is 12.9. The van der Waals surface area contributed by atoms with Gasteiger partial charge in [-0.1, -0.05) is 0 Å². The molecule has 1 aromatic heterocycles. The van der Waals surface area contributed by atoms with Crippen molar-refractivity contribution in [1.82, 2.24) is 4.98 Å². The molecule has 21 heavy (non-hydrogen) atoms. The van der Waals surface area contributed by atoms with Gasteiger partial charge >= 0.3 is 5.97 Å². The maximum absolute atomic E-state index is 12.9. The molecule has 1 N–H and O–H groups in total. The molecular formula is C14H14FN3O2S. The van der Waals surface area contributed by atoms with E-state index in [2.05, 4.69) is 14.8 Å². The molecule has 0 radical (unpaired) electrons. The third-order valence-corrected chi connectivity index (χ3v) is 4.35. The van der Waals surface area contributed by atoms with Crippen LogP contribution in [-0.2, 0) is 0 Å². The molecule has 1 aliphatic heterocycles. The number of thiazole rings is 1. The third-order valence-electron chi connectivity index (χ3n) is 3.45. The Bertz CT molecular complexity index is 636. The normalized spacial score (nSPS) is 15.3. The Kier molecular flexibility index (Phi) is 3.74. The summed E-state index contributed by atoms with van der Waals surface area (Å²) in [6.45, 7) is 3.13. The van der Waals surface area contributed by atoms with Gasteiger partial charge in [-0.15, -0.1) is 11.3 Å². The molecule has 0 atom stereocenters. The van der Waals surface area contributed by atoms with Gasteiger partial charge in [0.05, 0.1) is 0 Å². The van der Waals surface area contributed by atoms with Crippen LogP contribution >= 0.6 is 11.3 Å². The Morgan fingerprint density at radius 1 is 1.14 bits per heavy atom. The summed E-state index contributed by atoms with van der Waals surface area (Å²) >= 11 is 1.35. The van der Waals surface area contributed by atoms with Crippen LogP contribution in [-0.4, -0.2) is 42.2 Å². The molecule has 1 aromatic carbocycles. The van der Waals surface area contributed by atoms with E-state index in [0.29, 0.717) is 0 Å². The smallest absolute Gasteiger partial charge is 0.355 e. The van der Waals surface area contributed by atoms with Gasteiger partial charge in [-0.05, 0) is 24.3 Å². The van der Waals surface area contributed by atoms with Crippen LogP contribution in [0.15, 0.2) is 29.6 Å². The average Bonchev–Trinajstić information content (AvgIpc) is 2.98. The number of anilines is 2. The number of benzene rings is 1. The highest BCUT2D eigenvalue weighted by Crippen LogP contribution is 2.24. The van der Waals surface area contributed by atoms with E-state index < -0.39 is 5.97 Å². The molecule has 0 aliphatic carbocycles. The summed E-state index contributed by atoms with van der Waals surface area (Å²) in [6.07, 6.45) is 0. The van der Waals surface area contributed by atoms with Crippen LogP contribution < -0.4 is 9.80 Å². The first-order valence-corrected chi connectivity index (χ1v) is 7.46. The summed E-state index contributed by atoms with van der Waals surface area (Å²) in [5, 5.41) is 11.2. The molecule has 3 rings (SSSR count). The van der Waals surface area contributed by atoms with Crippen LogP contribution in [0, 0.1) is 5.82 Å². The second kappa shape index (κ2) is 5.69. The van der Waals surface area contributed by atoms with Crippen LogP contribution in [0.3, 0.4) is 0 Å². The molecular weight excluding hydrogens is 293 g/mol. The van der Waals surface area contributed by atoms with Crippen LogP contribution in [0.4, 0.5) is 15.2 Å². The standard InChI is InChI=1S/C14H14FN3O2S/c15-10-1-3-11(4-2-10)17-5-7-18(8-6-17)14-16-12(9-21-14)13(19)20/h1-4,9H,5-8H2,(H,19,20). The number of nitrogens with zero attached hydrogens (tertiary/aromatic N) is 3. The van der Waals surface area contributed by atoms with E-state index >= 15 is 0 Å². The monoisotopic (exact) mass is 307 g/mol. The molecule has 5 nitrogen and oxygen atoms in total. The first-order chi connectivity index (χ1) is 10.1. The van der Waals surface area contributed by atoms with Crippen molar-refractivity contribution in [3.63, 3.8) is 0 Å². The Morgan fingerprint density at radius 2 is 1.76 bits per heavy atom. The Morgan fingerprint density at radius 3 is 2.33 bits per heavy atom. The van der Waals surface area contributed by atoms with Crippen LogP contribution in [0.2, 0.25) is 0 Å². The molecule has 0 unspecified atom stereocenters. The summed E-state index contributed by atoms with van der Waals surface area (Å²) in [7, 11) is 0. The van der Waals surface area contributed by atoms with Gasteiger partial charge in [-0.3, -0.25) is 0 Å². The number of aromatic nitrogens is 1. The highest BCUT2D eigenvalue weighted by molar-refractivity contribution is 7.13. The van der Waals surface area contributed by atoms with Crippen LogP contribution in [0.25, 0.3) is 0 Å². The van der Waals surface area contributed by atoms with Crippen LogP contribution in [0.5, 0.6) is 0 Å². The molecule has 1 aliphatic rings. The zero-order valence-electron chi connectivity index (χ0n) is 11.2. The number of carboxylic acids is 1. The highest BCUT2D eigenvalue weighted by atomic mass is 32.1. The number of halogens is 1. The average molecular weight is 307 g/mol. The van der Waals surface area contributed by atoms with E-state index in [9.17, 15) is 9.18 Å². The minimum absolute atomic E-state index is 0.0935. The van der Waals surface area contributed by atoms with Gasteiger partial charge in [-0.25, -0.2) is 14.2 Å². The Balaban J connectivity index is 1.64. The summed E-state index contributed by atoms with van der Waals surface area (Å²) in [4.78, 5) is 19.2. The van der Waals surface area contributed by atoms with E-state index in [1.807, 2.05) is 0 Å². The molecule has 0 spiro atoms. The Hall–Kier alpha value is -2.15. The minimum atomic E-state index is -0.998. The topological polar surface area (TPSA) is 56.7 Å². The SMILES string of the molecule is O=C(O)c1csc(N2CCN(c3ccc(F)cc3)CC2)n1. The fraction of sp³-hybridized carbons (Fsp3) is 0.286. The number of hydrogen-bond donors (Lipinski definition) is 1. The van der Waals surface area contributed by atoms with Gasteiger partial charge in [0.2, 0.25) is 0 Å². The predicted octanol–water partition coefficient (Wildman–Crippen LogP) is 2.31. The van der Waals surface area contributed by atoms with E-state index in [-0.39, 0.29) is 11.5 Å². The highest BCUT2D eigenvalue weighted by Gasteiger charge is 2.20. The molecule has 0 saturated carbocycles. The molecule has 110 valence electrons. The number of aromatic carboxylic acids is 1. The van der Waals surface area contributed by atoms with Crippen molar-refractivity contribution in [2.75, 3.05) is 36.0 Å². The van der Waals surface area contributed by atoms with Crippen molar-refractivity contribution in [1.29, 1.82) is 0 Å². The van der Waals surface area contributed by atoms with E-state index in [4.69, 9.17) is 5.11 Å². The largest absolute Gasteiger partial charge is 0.476 e. The quantitative estimate of drug-likeness (QED) is 0.943. The van der Waals surface area contributed by atoms with Crippen molar-refractivity contribution >= 4 is 28.1 Å². The Labute approximate surface area is 125 Å². The number of rotatable bonds is 3. The van der Waals surface area contributed by atoms with Crippen molar-refractivity contribution in [2.24, 2.45) is 0 Å². The maximum atomic E-state index is 12.9.